The van der Waals surface area contributed by atoms with Crippen LogP contribution in [0.3, 0.4) is 0 Å². The molecule has 0 saturated heterocycles. The molecule has 0 spiro atoms. The van der Waals surface area contributed by atoms with Crippen LogP contribution in [0, 0.1) is 17.2 Å². The van der Waals surface area contributed by atoms with Crippen molar-refractivity contribution >= 4 is 16.7 Å². The van der Waals surface area contributed by atoms with Crippen molar-refractivity contribution in [2.45, 2.75) is 38.6 Å². The van der Waals surface area contributed by atoms with Crippen molar-refractivity contribution in [2.24, 2.45) is 5.92 Å². The van der Waals surface area contributed by atoms with Crippen LogP contribution in [0.5, 0.6) is 0 Å². The average molecular weight is 265 g/mol. The van der Waals surface area contributed by atoms with E-state index in [1.165, 1.54) is 25.7 Å². The average Bonchev–Trinajstić information content (AvgIpc) is 2.46. The topological polar surface area (TPSA) is 48.7 Å². The molecule has 2 unspecified atom stereocenters. The van der Waals surface area contributed by atoms with Crippen LogP contribution < -0.4 is 5.32 Å². The number of rotatable bonds is 2. The minimum absolute atomic E-state index is 0.485. The van der Waals surface area contributed by atoms with Crippen LogP contribution in [-0.2, 0) is 0 Å². The largest absolute Gasteiger partial charge is 0.367 e. The van der Waals surface area contributed by atoms with Gasteiger partial charge in [-0.1, -0.05) is 38.0 Å². The molecular weight excluding hydrogens is 246 g/mol. The molecule has 0 bridgehead atoms. The second-order valence-electron chi connectivity index (χ2n) is 5.80. The molecule has 0 radical (unpaired) electrons. The molecular formula is C17H19N3. The summed E-state index contributed by atoms with van der Waals surface area (Å²) in [5, 5.41) is 13.7. The SMILES string of the molecule is CC1CCCC(Nc2cc(C#N)c3ccccc3n2)C1. The number of hydrogen-bond acceptors (Lipinski definition) is 3. The van der Waals surface area contributed by atoms with Gasteiger partial charge >= 0.3 is 0 Å². The Kier molecular flexibility index (Phi) is 3.56. The Hall–Kier alpha value is -2.08. The lowest BCUT2D eigenvalue weighted by Crippen LogP contribution is -2.26. The molecule has 2 atom stereocenters. The van der Waals surface area contributed by atoms with Crippen molar-refractivity contribution in [3.63, 3.8) is 0 Å². The highest BCUT2D eigenvalue weighted by molar-refractivity contribution is 5.86. The molecule has 20 heavy (non-hydrogen) atoms. The van der Waals surface area contributed by atoms with Crippen molar-refractivity contribution < 1.29 is 0 Å². The summed E-state index contributed by atoms with van der Waals surface area (Å²) in [4.78, 5) is 4.64. The molecule has 1 aliphatic rings. The first-order valence-electron chi connectivity index (χ1n) is 7.32. The zero-order valence-corrected chi connectivity index (χ0v) is 11.8. The van der Waals surface area contributed by atoms with Gasteiger partial charge in [0.15, 0.2) is 0 Å². The molecule has 1 fully saturated rings. The predicted molar refractivity (Wildman–Crippen MR) is 81.5 cm³/mol. The number of nitrogens with zero attached hydrogens (tertiary/aromatic N) is 2. The summed E-state index contributed by atoms with van der Waals surface area (Å²) in [7, 11) is 0. The van der Waals surface area contributed by atoms with Gasteiger partial charge in [-0.15, -0.1) is 0 Å². The maximum Gasteiger partial charge on any atom is 0.128 e. The van der Waals surface area contributed by atoms with Gasteiger partial charge in [-0.2, -0.15) is 5.26 Å². The van der Waals surface area contributed by atoms with E-state index in [-0.39, 0.29) is 0 Å². The Morgan fingerprint density at radius 1 is 1.30 bits per heavy atom. The molecule has 3 nitrogen and oxygen atoms in total. The summed E-state index contributed by atoms with van der Waals surface area (Å²) in [5.41, 5.74) is 1.58. The van der Waals surface area contributed by atoms with Gasteiger partial charge in [0.2, 0.25) is 0 Å². The predicted octanol–water partition coefficient (Wildman–Crippen LogP) is 4.10. The van der Waals surface area contributed by atoms with E-state index < -0.39 is 0 Å². The standard InChI is InChI=1S/C17H19N3/c1-12-5-4-6-14(9-12)19-17-10-13(11-18)15-7-2-3-8-16(15)20-17/h2-3,7-8,10,12,14H,4-6,9H2,1H3,(H,19,20). The van der Waals surface area contributed by atoms with Gasteiger partial charge in [0.1, 0.15) is 5.82 Å². The van der Waals surface area contributed by atoms with Crippen LogP contribution in [0.15, 0.2) is 30.3 Å². The van der Waals surface area contributed by atoms with E-state index in [0.717, 1.165) is 22.6 Å². The van der Waals surface area contributed by atoms with E-state index in [9.17, 15) is 5.26 Å². The minimum atomic E-state index is 0.485. The van der Waals surface area contributed by atoms with E-state index in [2.05, 4.69) is 23.3 Å². The number of fused-ring (bicyclic) bond motifs is 1. The second kappa shape index (κ2) is 5.50. The molecule has 2 aromatic rings. The minimum Gasteiger partial charge on any atom is -0.367 e. The van der Waals surface area contributed by atoms with Crippen LogP contribution in [-0.4, -0.2) is 11.0 Å². The first kappa shape index (κ1) is 12.9. The third-order valence-corrected chi connectivity index (χ3v) is 4.13. The first-order valence-corrected chi connectivity index (χ1v) is 7.32. The van der Waals surface area contributed by atoms with Gasteiger partial charge in [0.05, 0.1) is 17.1 Å². The number of aromatic nitrogens is 1. The number of benzene rings is 1. The molecule has 3 rings (SSSR count). The zero-order chi connectivity index (χ0) is 13.9. The first-order chi connectivity index (χ1) is 9.76. The zero-order valence-electron chi connectivity index (χ0n) is 11.8. The number of pyridine rings is 1. The van der Waals surface area contributed by atoms with Crippen molar-refractivity contribution in [3.05, 3.63) is 35.9 Å². The Morgan fingerprint density at radius 3 is 2.95 bits per heavy atom. The van der Waals surface area contributed by atoms with Crippen molar-refractivity contribution in [1.82, 2.24) is 4.98 Å². The van der Waals surface area contributed by atoms with Crippen LogP contribution in [0.4, 0.5) is 5.82 Å². The number of nitrogens with one attached hydrogen (secondary N) is 1. The van der Waals surface area contributed by atoms with Gasteiger partial charge in [-0.25, -0.2) is 4.98 Å². The lowest BCUT2D eigenvalue weighted by atomic mass is 9.87. The van der Waals surface area contributed by atoms with Crippen LogP contribution in [0.1, 0.15) is 38.2 Å². The molecule has 1 aromatic carbocycles. The van der Waals surface area contributed by atoms with Crippen LogP contribution in [0.25, 0.3) is 10.9 Å². The Balaban J connectivity index is 1.90. The third-order valence-electron chi connectivity index (χ3n) is 4.13. The summed E-state index contributed by atoms with van der Waals surface area (Å²) in [6, 6.07) is 12.5. The number of nitriles is 1. The lowest BCUT2D eigenvalue weighted by molar-refractivity contribution is 0.358. The summed E-state index contributed by atoms with van der Waals surface area (Å²) < 4.78 is 0. The fourth-order valence-corrected chi connectivity index (χ4v) is 3.12. The fourth-order valence-electron chi connectivity index (χ4n) is 3.12. The van der Waals surface area contributed by atoms with Crippen molar-refractivity contribution in [3.8, 4) is 6.07 Å². The molecule has 0 amide bonds. The molecule has 1 aromatic heterocycles. The molecule has 1 heterocycles. The molecule has 1 saturated carbocycles. The molecule has 102 valence electrons. The summed E-state index contributed by atoms with van der Waals surface area (Å²) in [5.74, 6) is 1.61. The summed E-state index contributed by atoms with van der Waals surface area (Å²) in [6.07, 6.45) is 4.99. The van der Waals surface area contributed by atoms with Crippen molar-refractivity contribution in [2.75, 3.05) is 5.32 Å². The fraction of sp³-hybridized carbons (Fsp3) is 0.412. The Labute approximate surface area is 119 Å². The second-order valence-corrected chi connectivity index (χ2v) is 5.80. The Morgan fingerprint density at radius 2 is 2.15 bits per heavy atom. The summed E-state index contributed by atoms with van der Waals surface area (Å²) in [6.45, 7) is 2.31. The van der Waals surface area contributed by atoms with Gasteiger partial charge in [0.25, 0.3) is 0 Å². The third kappa shape index (κ3) is 2.60. The number of para-hydroxylation sites is 1. The smallest absolute Gasteiger partial charge is 0.128 e. The number of hydrogen-bond donors (Lipinski definition) is 1. The number of anilines is 1. The van der Waals surface area contributed by atoms with Gasteiger partial charge in [-0.3, -0.25) is 0 Å². The van der Waals surface area contributed by atoms with Crippen LogP contribution in [0.2, 0.25) is 0 Å². The van der Waals surface area contributed by atoms with Crippen LogP contribution >= 0.6 is 0 Å². The maximum atomic E-state index is 9.30. The maximum absolute atomic E-state index is 9.30. The Bertz CT molecular complexity index is 657. The van der Waals surface area contributed by atoms with E-state index in [1.807, 2.05) is 30.3 Å². The van der Waals surface area contributed by atoms with E-state index in [1.54, 1.807) is 0 Å². The van der Waals surface area contributed by atoms with Crippen molar-refractivity contribution in [1.29, 1.82) is 5.26 Å². The molecule has 1 N–H and O–H groups in total. The quantitative estimate of drug-likeness (QED) is 0.889. The highest BCUT2D eigenvalue weighted by Crippen LogP contribution is 2.27. The van der Waals surface area contributed by atoms with E-state index in [0.29, 0.717) is 11.6 Å². The monoisotopic (exact) mass is 265 g/mol. The summed E-state index contributed by atoms with van der Waals surface area (Å²) >= 11 is 0. The highest BCUT2D eigenvalue weighted by Gasteiger charge is 2.19. The van der Waals surface area contributed by atoms with Gasteiger partial charge in [-0.05, 0) is 30.9 Å². The van der Waals surface area contributed by atoms with Gasteiger partial charge in [0, 0.05) is 11.4 Å². The lowest BCUT2D eigenvalue weighted by Gasteiger charge is -2.28. The normalized spacial score (nSPS) is 22.4. The molecule has 1 aliphatic carbocycles. The van der Waals surface area contributed by atoms with E-state index in [4.69, 9.17) is 0 Å². The molecule has 0 aliphatic heterocycles. The van der Waals surface area contributed by atoms with E-state index >= 15 is 0 Å². The van der Waals surface area contributed by atoms with Gasteiger partial charge < -0.3 is 5.32 Å². The molecule has 3 heteroatoms. The highest BCUT2D eigenvalue weighted by atomic mass is 15.0.